The number of aryl methyl sites for hydroxylation is 1. The van der Waals surface area contributed by atoms with Crippen LogP contribution in [0, 0.1) is 18.3 Å². The minimum atomic E-state index is -0.562. The highest BCUT2D eigenvalue weighted by atomic mass is 32.1. The molecule has 1 heterocycles. The van der Waals surface area contributed by atoms with E-state index in [-0.39, 0.29) is 32.2 Å². The Morgan fingerprint density at radius 3 is 2.34 bits per heavy atom. The third kappa shape index (κ3) is 8.17. The van der Waals surface area contributed by atoms with E-state index in [0.29, 0.717) is 33.3 Å². The number of aromatic nitrogens is 1. The number of nitriles is 1. The predicted molar refractivity (Wildman–Crippen MR) is 131 cm³/mol. The molecule has 1 N–H and O–H groups in total. The zero-order valence-electron chi connectivity index (χ0n) is 19.3. The molecule has 2 aromatic rings. The quantitative estimate of drug-likeness (QED) is 0.264. The molecule has 2 rings (SSSR count). The van der Waals surface area contributed by atoms with Gasteiger partial charge in [0.2, 0.25) is 5.91 Å². The summed E-state index contributed by atoms with van der Waals surface area (Å²) in [6.45, 7) is 10.4. The fraction of sp³-hybridized carbons (Fsp3) is 0.261. The average Bonchev–Trinajstić information content (AvgIpc) is 3.20. The van der Waals surface area contributed by atoms with Crippen LogP contribution in [0.4, 0.5) is 22.1 Å². The molecule has 0 unspecified atom stereocenters. The third-order valence-electron chi connectivity index (χ3n) is 4.41. The van der Waals surface area contributed by atoms with E-state index in [9.17, 15) is 19.6 Å². The van der Waals surface area contributed by atoms with Crippen molar-refractivity contribution in [2.45, 2.75) is 13.8 Å². The Hall–Kier alpha value is -4.37. The number of hydrogen-bond acceptors (Lipinski definition) is 11. The van der Waals surface area contributed by atoms with Gasteiger partial charge in [-0.25, -0.2) is 9.59 Å². The van der Waals surface area contributed by atoms with Gasteiger partial charge in [0.1, 0.15) is 30.5 Å². The van der Waals surface area contributed by atoms with Gasteiger partial charge in [0.15, 0.2) is 5.00 Å². The van der Waals surface area contributed by atoms with E-state index in [1.165, 1.54) is 6.92 Å². The van der Waals surface area contributed by atoms with Crippen LogP contribution in [-0.2, 0) is 23.9 Å². The molecule has 0 aliphatic heterocycles. The molecule has 0 spiro atoms. The van der Waals surface area contributed by atoms with Crippen LogP contribution in [0.1, 0.15) is 18.2 Å². The second-order valence-corrected chi connectivity index (χ2v) is 7.62. The molecule has 0 saturated heterocycles. The van der Waals surface area contributed by atoms with Crippen molar-refractivity contribution in [2.75, 3.05) is 36.5 Å². The summed E-state index contributed by atoms with van der Waals surface area (Å²) in [5, 5.41) is 20.7. The van der Waals surface area contributed by atoms with Gasteiger partial charge >= 0.3 is 11.9 Å². The van der Waals surface area contributed by atoms with E-state index in [1.807, 2.05) is 6.07 Å². The smallest absolute Gasteiger partial charge is 0.330 e. The summed E-state index contributed by atoms with van der Waals surface area (Å²) < 4.78 is 14.2. The van der Waals surface area contributed by atoms with E-state index in [4.69, 9.17) is 9.47 Å². The van der Waals surface area contributed by atoms with Gasteiger partial charge in [0, 0.05) is 24.8 Å². The van der Waals surface area contributed by atoms with E-state index in [1.54, 1.807) is 30.0 Å². The maximum atomic E-state index is 11.8. The van der Waals surface area contributed by atoms with Gasteiger partial charge < -0.3 is 19.7 Å². The van der Waals surface area contributed by atoms with Crippen molar-refractivity contribution in [2.24, 2.45) is 10.2 Å². The lowest BCUT2D eigenvalue weighted by Gasteiger charge is -2.25. The summed E-state index contributed by atoms with van der Waals surface area (Å²) in [5.41, 5.74) is 2.27. The number of nitrogens with one attached hydrogen (secondary N) is 1. The lowest BCUT2D eigenvalue weighted by Crippen LogP contribution is -2.32. The number of carbonyl (C=O) groups is 3. The standard InChI is InChI=1S/C23H24N6O5S/c1-5-21(31)33-11-9-29(10-12-34-22(32)6-2)17-7-8-19(20(13-17)25-16(4)30)26-27-23-18(14-24)15(3)28-35-23/h5-8,13H,1-2,9-12H2,3-4H3,(H,25,30)/b27-26+. The van der Waals surface area contributed by atoms with Gasteiger partial charge in [0.05, 0.1) is 24.5 Å². The Morgan fingerprint density at radius 2 is 1.80 bits per heavy atom. The maximum absolute atomic E-state index is 11.8. The molecule has 11 nitrogen and oxygen atoms in total. The fourth-order valence-corrected chi connectivity index (χ4v) is 3.43. The minimum Gasteiger partial charge on any atom is -0.461 e. The Morgan fingerprint density at radius 1 is 1.17 bits per heavy atom. The number of esters is 2. The highest BCUT2D eigenvalue weighted by Crippen LogP contribution is 2.34. The number of anilines is 2. The van der Waals surface area contributed by atoms with Gasteiger partial charge in [-0.15, -0.1) is 10.2 Å². The number of amides is 1. The molecular formula is C23H24N6O5S. The molecule has 1 aromatic carbocycles. The molecule has 1 aromatic heterocycles. The number of ether oxygens (including phenoxy) is 2. The molecule has 0 atom stereocenters. The summed E-state index contributed by atoms with van der Waals surface area (Å²) in [5.74, 6) is -1.45. The van der Waals surface area contributed by atoms with E-state index < -0.39 is 11.9 Å². The van der Waals surface area contributed by atoms with Crippen LogP contribution in [0.3, 0.4) is 0 Å². The van der Waals surface area contributed by atoms with Crippen molar-refractivity contribution in [3.05, 3.63) is 54.8 Å². The van der Waals surface area contributed by atoms with Gasteiger partial charge in [-0.1, -0.05) is 13.2 Å². The van der Waals surface area contributed by atoms with Crippen molar-refractivity contribution in [1.82, 2.24) is 4.37 Å². The summed E-state index contributed by atoms with van der Waals surface area (Å²) in [4.78, 5) is 36.4. The van der Waals surface area contributed by atoms with Crippen molar-refractivity contribution in [1.29, 1.82) is 5.26 Å². The average molecular weight is 497 g/mol. The topological polar surface area (TPSA) is 146 Å². The first-order valence-electron chi connectivity index (χ1n) is 10.3. The largest absolute Gasteiger partial charge is 0.461 e. The monoisotopic (exact) mass is 496 g/mol. The zero-order valence-corrected chi connectivity index (χ0v) is 20.1. The Bertz CT molecular complexity index is 1160. The van der Waals surface area contributed by atoms with Crippen LogP contribution in [0.5, 0.6) is 0 Å². The Balaban J connectivity index is 2.32. The third-order valence-corrected chi connectivity index (χ3v) is 5.23. The van der Waals surface area contributed by atoms with Crippen molar-refractivity contribution >= 4 is 51.4 Å². The summed E-state index contributed by atoms with van der Waals surface area (Å²) in [7, 11) is 0. The molecule has 0 fully saturated rings. The first-order valence-corrected chi connectivity index (χ1v) is 11.1. The van der Waals surface area contributed by atoms with Crippen LogP contribution in [0.15, 0.2) is 53.7 Å². The van der Waals surface area contributed by atoms with Gasteiger partial charge in [0.25, 0.3) is 0 Å². The van der Waals surface area contributed by atoms with Crippen LogP contribution in [0.2, 0.25) is 0 Å². The second-order valence-electron chi connectivity index (χ2n) is 6.87. The van der Waals surface area contributed by atoms with Crippen LogP contribution in [0.25, 0.3) is 0 Å². The highest BCUT2D eigenvalue weighted by molar-refractivity contribution is 7.10. The molecule has 0 bridgehead atoms. The fourth-order valence-electron chi connectivity index (χ4n) is 2.75. The molecule has 0 saturated carbocycles. The number of hydrogen-bond donors (Lipinski definition) is 1. The van der Waals surface area contributed by atoms with Crippen molar-refractivity contribution in [3.8, 4) is 6.07 Å². The molecule has 182 valence electrons. The molecule has 0 radical (unpaired) electrons. The number of nitrogens with zero attached hydrogens (tertiary/aromatic N) is 5. The summed E-state index contributed by atoms with van der Waals surface area (Å²) in [6, 6.07) is 7.09. The molecule has 35 heavy (non-hydrogen) atoms. The van der Waals surface area contributed by atoms with Crippen LogP contribution >= 0.6 is 11.5 Å². The molecule has 1 amide bonds. The summed E-state index contributed by atoms with van der Waals surface area (Å²) in [6.07, 6.45) is 2.13. The highest BCUT2D eigenvalue weighted by Gasteiger charge is 2.14. The molecule has 0 aliphatic rings. The van der Waals surface area contributed by atoms with E-state index >= 15 is 0 Å². The number of benzene rings is 1. The van der Waals surface area contributed by atoms with Crippen LogP contribution in [-0.4, -0.2) is 48.5 Å². The lowest BCUT2D eigenvalue weighted by molar-refractivity contribution is -0.137. The summed E-state index contributed by atoms with van der Waals surface area (Å²) >= 11 is 1.05. The minimum absolute atomic E-state index is 0.0544. The number of azo groups is 1. The second kappa shape index (κ2) is 13.4. The first kappa shape index (κ1) is 26.9. The molecule has 0 aliphatic carbocycles. The molecular weight excluding hydrogens is 472 g/mol. The number of carbonyl (C=O) groups excluding carboxylic acids is 3. The number of rotatable bonds is 12. The van der Waals surface area contributed by atoms with Crippen molar-refractivity contribution < 1.29 is 23.9 Å². The SMILES string of the molecule is C=CC(=O)OCCN(CCOC(=O)C=C)c1ccc(/N=N/c2snc(C)c2C#N)c(NC(C)=O)c1. The Labute approximate surface area is 206 Å². The van der Waals surface area contributed by atoms with Gasteiger partial charge in [-0.3, -0.25) is 4.79 Å². The lowest BCUT2D eigenvalue weighted by atomic mass is 10.2. The molecule has 12 heteroatoms. The normalized spacial score (nSPS) is 10.3. The van der Waals surface area contributed by atoms with Crippen LogP contribution < -0.4 is 10.2 Å². The van der Waals surface area contributed by atoms with Crippen molar-refractivity contribution in [3.63, 3.8) is 0 Å². The van der Waals surface area contributed by atoms with Gasteiger partial charge in [-0.2, -0.15) is 9.64 Å². The first-order chi connectivity index (χ1) is 16.8. The van der Waals surface area contributed by atoms with E-state index in [0.717, 1.165) is 23.7 Å². The van der Waals surface area contributed by atoms with Gasteiger partial charge in [-0.05, 0) is 36.7 Å². The maximum Gasteiger partial charge on any atom is 0.330 e. The predicted octanol–water partition coefficient (Wildman–Crippen LogP) is 3.96. The zero-order chi connectivity index (χ0) is 25.8. The van der Waals surface area contributed by atoms with E-state index in [2.05, 4.69) is 33.1 Å². The Kier molecular flexibility index (Phi) is 10.3.